The average molecular weight is 329 g/mol. The molecule has 3 N–H and O–H groups in total. The zero-order valence-corrected chi connectivity index (χ0v) is 11.7. The summed E-state index contributed by atoms with van der Waals surface area (Å²) in [4.78, 5) is 26.7. The average Bonchev–Trinajstić information content (AvgIpc) is 2.30. The minimum atomic E-state index is -0.816. The minimum Gasteiger partial charge on any atom is -0.398 e. The lowest BCUT2D eigenvalue weighted by atomic mass is 10.3. The zero-order valence-electron chi connectivity index (χ0n) is 9.31. The van der Waals surface area contributed by atoms with Gasteiger partial charge >= 0.3 is 11.1 Å². The van der Waals surface area contributed by atoms with E-state index in [9.17, 15) is 9.59 Å². The molecular weight excluding hydrogens is 320 g/mol. The molecule has 1 heterocycles. The van der Waals surface area contributed by atoms with E-state index in [1.165, 1.54) is 16.4 Å². The molecule has 0 aliphatic rings. The van der Waals surface area contributed by atoms with E-state index in [0.29, 0.717) is 10.8 Å². The summed E-state index contributed by atoms with van der Waals surface area (Å²) in [6.07, 6.45) is 0. The molecule has 8 heteroatoms. The first kappa shape index (κ1) is 12.9. The summed E-state index contributed by atoms with van der Waals surface area (Å²) < 4.78 is 2.25. The summed E-state index contributed by atoms with van der Waals surface area (Å²) in [6, 6.07) is 5.38. The Hall–Kier alpha value is -1.54. The van der Waals surface area contributed by atoms with E-state index in [4.69, 9.17) is 5.73 Å². The van der Waals surface area contributed by atoms with Crippen LogP contribution in [0, 0.1) is 0 Å². The van der Waals surface area contributed by atoms with Crippen molar-refractivity contribution >= 4 is 33.4 Å². The lowest BCUT2D eigenvalue weighted by Crippen LogP contribution is -2.33. The fraction of sp³-hybridized carbons (Fsp3) is 0.100. The number of nitrogens with two attached hydrogens (primary N) is 1. The van der Waals surface area contributed by atoms with Crippen molar-refractivity contribution < 1.29 is 0 Å². The van der Waals surface area contributed by atoms with Gasteiger partial charge in [0.25, 0.3) is 0 Å². The molecule has 0 saturated carbocycles. The van der Waals surface area contributed by atoms with Gasteiger partial charge in [-0.05, 0) is 30.0 Å². The van der Waals surface area contributed by atoms with Gasteiger partial charge in [0.15, 0.2) is 5.16 Å². The normalized spacial score (nSPS) is 10.6. The molecule has 0 aliphatic heterocycles. The number of aromatic amines is 1. The van der Waals surface area contributed by atoms with Gasteiger partial charge in [-0.3, -0.25) is 19.4 Å². The Balaban J connectivity index is 2.46. The van der Waals surface area contributed by atoms with Gasteiger partial charge in [0.05, 0.1) is 0 Å². The van der Waals surface area contributed by atoms with Crippen LogP contribution < -0.4 is 16.9 Å². The van der Waals surface area contributed by atoms with Crippen molar-refractivity contribution in [2.45, 2.75) is 10.1 Å². The van der Waals surface area contributed by atoms with E-state index in [2.05, 4.69) is 26.0 Å². The number of hydrogen-bond donors (Lipinski definition) is 2. The van der Waals surface area contributed by atoms with Crippen molar-refractivity contribution in [2.24, 2.45) is 7.05 Å². The lowest BCUT2D eigenvalue weighted by Gasteiger charge is -2.08. The van der Waals surface area contributed by atoms with Gasteiger partial charge in [-0.2, -0.15) is 4.98 Å². The highest BCUT2D eigenvalue weighted by molar-refractivity contribution is 9.10. The van der Waals surface area contributed by atoms with E-state index in [1.807, 2.05) is 12.1 Å². The van der Waals surface area contributed by atoms with Gasteiger partial charge in [-0.15, -0.1) is 0 Å². The molecule has 0 unspecified atom stereocenters. The third-order valence-electron chi connectivity index (χ3n) is 2.12. The fourth-order valence-corrected chi connectivity index (χ4v) is 2.64. The molecular formula is C10H9BrN4O2S. The van der Waals surface area contributed by atoms with Crippen LogP contribution in [-0.4, -0.2) is 14.8 Å². The number of nitrogen functional groups attached to an aromatic ring is 1. The Morgan fingerprint density at radius 3 is 2.89 bits per heavy atom. The quantitative estimate of drug-likeness (QED) is 0.632. The van der Waals surface area contributed by atoms with E-state index in [0.717, 1.165) is 9.37 Å². The second-order valence-corrected chi connectivity index (χ2v) is 5.41. The first-order valence-corrected chi connectivity index (χ1v) is 6.48. The maximum absolute atomic E-state index is 11.2. The Kier molecular flexibility index (Phi) is 3.58. The first-order valence-electron chi connectivity index (χ1n) is 4.87. The SMILES string of the molecule is Cn1[nH]c(=O)c(=O)nc1Sc1cc(Br)ccc1N. The van der Waals surface area contributed by atoms with Gasteiger partial charge < -0.3 is 5.73 Å². The molecule has 0 aliphatic carbocycles. The number of nitrogens with zero attached hydrogens (tertiary/aromatic N) is 2. The predicted octanol–water partition coefficient (Wildman–Crippen LogP) is 0.964. The predicted molar refractivity (Wildman–Crippen MR) is 72.8 cm³/mol. The van der Waals surface area contributed by atoms with Crippen molar-refractivity contribution in [3.05, 3.63) is 43.4 Å². The molecule has 0 amide bonds. The van der Waals surface area contributed by atoms with Crippen molar-refractivity contribution in [3.8, 4) is 0 Å². The Bertz CT molecular complexity index is 710. The van der Waals surface area contributed by atoms with Crippen LogP contribution in [0.15, 0.2) is 42.3 Å². The zero-order chi connectivity index (χ0) is 13.3. The maximum Gasteiger partial charge on any atom is 0.339 e. The van der Waals surface area contributed by atoms with Crippen LogP contribution in [-0.2, 0) is 7.05 Å². The van der Waals surface area contributed by atoms with Gasteiger partial charge in [0.1, 0.15) is 0 Å². The molecule has 1 aromatic carbocycles. The summed E-state index contributed by atoms with van der Waals surface area (Å²) in [5.41, 5.74) is 4.84. The van der Waals surface area contributed by atoms with Crippen LogP contribution in [0.5, 0.6) is 0 Å². The van der Waals surface area contributed by atoms with Gasteiger partial charge in [0, 0.05) is 22.1 Å². The molecule has 0 bridgehead atoms. The van der Waals surface area contributed by atoms with Gasteiger partial charge in [-0.25, -0.2) is 0 Å². The highest BCUT2D eigenvalue weighted by Gasteiger charge is 2.08. The summed E-state index contributed by atoms with van der Waals surface area (Å²) in [6.45, 7) is 0. The molecule has 0 radical (unpaired) electrons. The second kappa shape index (κ2) is 4.99. The van der Waals surface area contributed by atoms with Gasteiger partial charge in [-0.1, -0.05) is 15.9 Å². The Labute approximate surface area is 114 Å². The second-order valence-electron chi connectivity index (χ2n) is 3.48. The summed E-state index contributed by atoms with van der Waals surface area (Å²) in [7, 11) is 1.60. The number of benzene rings is 1. The number of hydrogen-bond acceptors (Lipinski definition) is 5. The molecule has 18 heavy (non-hydrogen) atoms. The molecule has 0 fully saturated rings. The van der Waals surface area contributed by atoms with Crippen molar-refractivity contribution in [2.75, 3.05) is 5.73 Å². The van der Waals surface area contributed by atoms with E-state index >= 15 is 0 Å². The van der Waals surface area contributed by atoms with Crippen LogP contribution in [0.4, 0.5) is 5.69 Å². The molecule has 2 rings (SSSR count). The van der Waals surface area contributed by atoms with Crippen LogP contribution in [0.25, 0.3) is 0 Å². The summed E-state index contributed by atoms with van der Waals surface area (Å²) in [5, 5.41) is 2.74. The van der Waals surface area contributed by atoms with E-state index < -0.39 is 11.1 Å². The number of anilines is 1. The minimum absolute atomic E-state index is 0.365. The molecule has 6 nitrogen and oxygen atoms in total. The fourth-order valence-electron chi connectivity index (χ4n) is 1.25. The summed E-state index contributed by atoms with van der Waals surface area (Å²) >= 11 is 4.54. The molecule has 0 spiro atoms. The van der Waals surface area contributed by atoms with Crippen molar-refractivity contribution in [1.82, 2.24) is 14.8 Å². The molecule has 1 aromatic heterocycles. The van der Waals surface area contributed by atoms with Crippen molar-refractivity contribution in [1.29, 1.82) is 0 Å². The largest absolute Gasteiger partial charge is 0.398 e. The number of halogens is 1. The van der Waals surface area contributed by atoms with Crippen LogP contribution in [0.1, 0.15) is 0 Å². The first-order chi connectivity index (χ1) is 8.47. The standard InChI is InChI=1S/C10H9BrN4O2S/c1-15-10(13-8(16)9(17)14-15)18-7-4-5(11)2-3-6(7)12/h2-4H,12H2,1H3,(H,14,17). The third-order valence-corrected chi connectivity index (χ3v) is 3.74. The van der Waals surface area contributed by atoms with Crippen LogP contribution in [0.3, 0.4) is 0 Å². The molecule has 0 saturated heterocycles. The van der Waals surface area contributed by atoms with Crippen molar-refractivity contribution in [3.63, 3.8) is 0 Å². The Morgan fingerprint density at radius 1 is 1.44 bits per heavy atom. The smallest absolute Gasteiger partial charge is 0.339 e. The number of rotatable bonds is 2. The number of aryl methyl sites for hydroxylation is 1. The van der Waals surface area contributed by atoms with Crippen LogP contribution >= 0.6 is 27.7 Å². The Morgan fingerprint density at radius 2 is 2.17 bits per heavy atom. The monoisotopic (exact) mass is 328 g/mol. The summed E-state index contributed by atoms with van der Waals surface area (Å²) in [5.74, 6) is 0. The lowest BCUT2D eigenvalue weighted by molar-refractivity contribution is 0.596. The number of H-pyrrole nitrogens is 1. The topological polar surface area (TPSA) is 93.8 Å². The van der Waals surface area contributed by atoms with Gasteiger partial charge in [0.2, 0.25) is 0 Å². The highest BCUT2D eigenvalue weighted by Crippen LogP contribution is 2.31. The third kappa shape index (κ3) is 2.65. The van der Waals surface area contributed by atoms with E-state index in [1.54, 1.807) is 13.1 Å². The molecule has 2 aromatic rings. The molecule has 94 valence electrons. The maximum atomic E-state index is 11.2. The highest BCUT2D eigenvalue weighted by atomic mass is 79.9. The van der Waals surface area contributed by atoms with Crippen LogP contribution in [0.2, 0.25) is 0 Å². The van der Waals surface area contributed by atoms with E-state index in [-0.39, 0.29) is 0 Å². The number of nitrogens with one attached hydrogen (secondary N) is 1. The number of aromatic nitrogens is 3. The molecule has 0 atom stereocenters.